The number of nitrogens with one attached hydrogen (secondary N) is 1. The lowest BCUT2D eigenvalue weighted by molar-refractivity contribution is -0.143. The van der Waals surface area contributed by atoms with Gasteiger partial charge in [-0.1, -0.05) is 12.1 Å². The first kappa shape index (κ1) is 16.6. The zero-order chi connectivity index (χ0) is 18.3. The molecule has 0 bridgehead atoms. The Labute approximate surface area is 153 Å². The number of ether oxygens (including phenoxy) is 2. The highest BCUT2D eigenvalue weighted by Crippen LogP contribution is 2.33. The summed E-state index contributed by atoms with van der Waals surface area (Å²) in [6, 6.07) is 9.05. The summed E-state index contributed by atoms with van der Waals surface area (Å²) in [7, 11) is 1.65. The fourth-order valence-electron chi connectivity index (χ4n) is 2.91. The summed E-state index contributed by atoms with van der Waals surface area (Å²) in [6.07, 6.45) is -1.18. The van der Waals surface area contributed by atoms with Gasteiger partial charge in [-0.15, -0.1) is 11.3 Å². The van der Waals surface area contributed by atoms with Crippen LogP contribution in [0.1, 0.15) is 12.7 Å². The van der Waals surface area contributed by atoms with E-state index < -0.39 is 12.2 Å². The smallest absolute Gasteiger partial charge is 0.268 e. The quantitative estimate of drug-likeness (QED) is 0.763. The number of nitrogens with zero attached hydrogens (tertiary/aromatic N) is 2. The number of carbonyl (C=O) groups excluding carboxylic acids is 1. The third-order valence-corrected chi connectivity index (χ3v) is 5.12. The fourth-order valence-corrected chi connectivity index (χ4v) is 3.63. The van der Waals surface area contributed by atoms with Crippen LogP contribution in [0.5, 0.6) is 11.5 Å². The van der Waals surface area contributed by atoms with E-state index in [0.29, 0.717) is 27.5 Å². The third-order valence-electron chi connectivity index (χ3n) is 4.21. The van der Waals surface area contributed by atoms with Gasteiger partial charge in [0, 0.05) is 7.05 Å². The highest BCUT2D eigenvalue weighted by Gasteiger charge is 2.36. The monoisotopic (exact) mass is 371 g/mol. The minimum absolute atomic E-state index is 0.175. The SMILES string of the molecule is C[C@@H]1Oc2ccccc2O[C@@H]1C(=O)N(C)Cc1nc2ccsc2c(=O)[nH]1. The maximum Gasteiger partial charge on any atom is 0.268 e. The highest BCUT2D eigenvalue weighted by atomic mass is 32.1. The van der Waals surface area contributed by atoms with Crippen molar-refractivity contribution in [3.8, 4) is 11.5 Å². The molecule has 4 rings (SSSR count). The van der Waals surface area contributed by atoms with Crippen LogP contribution < -0.4 is 15.0 Å². The van der Waals surface area contributed by atoms with E-state index >= 15 is 0 Å². The number of H-pyrrole nitrogens is 1. The molecule has 0 unspecified atom stereocenters. The largest absolute Gasteiger partial charge is 0.482 e. The molecule has 0 radical (unpaired) electrons. The molecule has 2 aromatic heterocycles. The molecule has 0 spiro atoms. The maximum absolute atomic E-state index is 12.8. The van der Waals surface area contributed by atoms with Gasteiger partial charge in [0.2, 0.25) is 6.10 Å². The Morgan fingerprint density at radius 1 is 1.27 bits per heavy atom. The normalized spacial score (nSPS) is 18.7. The van der Waals surface area contributed by atoms with Gasteiger partial charge in [-0.2, -0.15) is 0 Å². The molecular formula is C18H17N3O4S. The molecule has 134 valence electrons. The first-order valence-electron chi connectivity index (χ1n) is 8.16. The van der Waals surface area contributed by atoms with Crippen LogP contribution in [0.3, 0.4) is 0 Å². The average molecular weight is 371 g/mol. The molecule has 8 heteroatoms. The second kappa shape index (κ2) is 6.45. The number of amides is 1. The minimum Gasteiger partial charge on any atom is -0.482 e. The lowest BCUT2D eigenvalue weighted by Gasteiger charge is -2.33. The first-order valence-corrected chi connectivity index (χ1v) is 9.04. The first-order chi connectivity index (χ1) is 12.5. The summed E-state index contributed by atoms with van der Waals surface area (Å²) in [6.45, 7) is 1.97. The van der Waals surface area contributed by atoms with Gasteiger partial charge in [-0.3, -0.25) is 9.59 Å². The average Bonchev–Trinajstić information content (AvgIpc) is 3.09. The minimum atomic E-state index is -0.758. The molecule has 1 N–H and O–H groups in total. The van der Waals surface area contributed by atoms with Crippen LogP contribution in [0.2, 0.25) is 0 Å². The molecule has 3 heterocycles. The van der Waals surface area contributed by atoms with E-state index in [1.165, 1.54) is 16.2 Å². The summed E-state index contributed by atoms with van der Waals surface area (Å²) in [5, 5.41) is 1.82. The number of hydrogen-bond acceptors (Lipinski definition) is 6. The predicted molar refractivity (Wildman–Crippen MR) is 97.7 cm³/mol. The topological polar surface area (TPSA) is 84.5 Å². The Morgan fingerprint density at radius 2 is 2.00 bits per heavy atom. The zero-order valence-electron chi connectivity index (χ0n) is 14.3. The zero-order valence-corrected chi connectivity index (χ0v) is 15.1. The Balaban J connectivity index is 1.53. The number of para-hydroxylation sites is 2. The fraction of sp³-hybridized carbons (Fsp3) is 0.278. The van der Waals surface area contributed by atoms with Crippen molar-refractivity contribution < 1.29 is 14.3 Å². The number of aromatic nitrogens is 2. The molecule has 7 nitrogen and oxygen atoms in total. The number of benzene rings is 1. The van der Waals surface area contributed by atoms with Gasteiger partial charge < -0.3 is 19.4 Å². The summed E-state index contributed by atoms with van der Waals surface area (Å²) >= 11 is 1.34. The van der Waals surface area contributed by atoms with Gasteiger partial charge in [-0.25, -0.2) is 4.98 Å². The van der Waals surface area contributed by atoms with Crippen LogP contribution in [-0.4, -0.2) is 40.0 Å². The van der Waals surface area contributed by atoms with E-state index in [0.717, 1.165) is 0 Å². The van der Waals surface area contributed by atoms with Crippen LogP contribution in [0.4, 0.5) is 0 Å². The summed E-state index contributed by atoms with van der Waals surface area (Å²) in [5.41, 5.74) is 0.439. The van der Waals surface area contributed by atoms with Crippen molar-refractivity contribution in [2.45, 2.75) is 25.7 Å². The lowest BCUT2D eigenvalue weighted by atomic mass is 10.1. The van der Waals surface area contributed by atoms with Crippen LogP contribution in [0, 0.1) is 0 Å². The Morgan fingerprint density at radius 3 is 2.77 bits per heavy atom. The van der Waals surface area contributed by atoms with Crippen molar-refractivity contribution >= 4 is 27.5 Å². The number of thiophene rings is 1. The second-order valence-electron chi connectivity index (χ2n) is 6.15. The number of hydrogen-bond donors (Lipinski definition) is 1. The van der Waals surface area contributed by atoms with Gasteiger partial charge in [0.05, 0.1) is 12.1 Å². The highest BCUT2D eigenvalue weighted by molar-refractivity contribution is 7.17. The van der Waals surface area contributed by atoms with E-state index in [-0.39, 0.29) is 18.0 Å². The van der Waals surface area contributed by atoms with Crippen molar-refractivity contribution in [3.05, 3.63) is 51.9 Å². The standard InChI is InChI=1S/C18H17N3O4S/c1-10-15(25-13-6-4-3-5-12(13)24-10)18(23)21(2)9-14-19-11-7-8-26-16(11)17(22)20-14/h3-8,10,15H,9H2,1-2H3,(H,19,20,22)/t10-,15-/m0/s1. The molecule has 0 aliphatic carbocycles. The number of likely N-dealkylation sites (N-methyl/N-ethyl adjacent to an activating group) is 1. The predicted octanol–water partition coefficient (Wildman–Crippen LogP) is 2.17. The van der Waals surface area contributed by atoms with Crippen molar-refractivity contribution in [1.82, 2.24) is 14.9 Å². The van der Waals surface area contributed by atoms with Crippen molar-refractivity contribution in [2.24, 2.45) is 0 Å². The third kappa shape index (κ3) is 2.92. The molecule has 0 fully saturated rings. The van der Waals surface area contributed by atoms with Gasteiger partial charge in [-0.05, 0) is 30.5 Å². The van der Waals surface area contributed by atoms with Crippen molar-refractivity contribution in [3.63, 3.8) is 0 Å². The summed E-state index contributed by atoms with van der Waals surface area (Å²) < 4.78 is 12.2. The Hall–Kier alpha value is -2.87. The van der Waals surface area contributed by atoms with Crippen LogP contribution in [0.15, 0.2) is 40.5 Å². The maximum atomic E-state index is 12.8. The van der Waals surface area contributed by atoms with E-state index in [1.807, 2.05) is 17.5 Å². The lowest BCUT2D eigenvalue weighted by Crippen LogP contribution is -2.49. The molecule has 1 aromatic carbocycles. The number of carbonyl (C=O) groups is 1. The number of aromatic amines is 1. The molecule has 0 saturated heterocycles. The molecule has 26 heavy (non-hydrogen) atoms. The van der Waals surface area contributed by atoms with Crippen LogP contribution >= 0.6 is 11.3 Å². The van der Waals surface area contributed by atoms with Crippen molar-refractivity contribution in [2.75, 3.05) is 7.05 Å². The van der Waals surface area contributed by atoms with Gasteiger partial charge in [0.25, 0.3) is 11.5 Å². The molecule has 2 atom stereocenters. The van der Waals surface area contributed by atoms with Gasteiger partial charge in [0.15, 0.2) is 11.5 Å². The summed E-state index contributed by atoms with van der Waals surface area (Å²) in [5.74, 6) is 1.37. The van der Waals surface area contributed by atoms with E-state index in [2.05, 4.69) is 9.97 Å². The molecule has 1 aliphatic heterocycles. The van der Waals surface area contributed by atoms with Gasteiger partial charge >= 0.3 is 0 Å². The van der Waals surface area contributed by atoms with E-state index in [4.69, 9.17) is 9.47 Å². The molecule has 3 aromatic rings. The number of fused-ring (bicyclic) bond motifs is 2. The Kier molecular flexibility index (Phi) is 4.12. The van der Waals surface area contributed by atoms with E-state index in [9.17, 15) is 9.59 Å². The Bertz CT molecular complexity index is 1030. The molecule has 0 saturated carbocycles. The van der Waals surface area contributed by atoms with Crippen LogP contribution in [-0.2, 0) is 11.3 Å². The summed E-state index contributed by atoms with van der Waals surface area (Å²) in [4.78, 5) is 33.5. The molecule has 1 aliphatic rings. The molecule has 1 amide bonds. The van der Waals surface area contributed by atoms with Gasteiger partial charge in [0.1, 0.15) is 16.6 Å². The van der Waals surface area contributed by atoms with E-state index in [1.54, 1.807) is 32.2 Å². The molecular weight excluding hydrogens is 354 g/mol. The number of rotatable bonds is 3. The van der Waals surface area contributed by atoms with Crippen LogP contribution in [0.25, 0.3) is 10.2 Å². The van der Waals surface area contributed by atoms with Crippen molar-refractivity contribution in [1.29, 1.82) is 0 Å². The second-order valence-corrected chi connectivity index (χ2v) is 7.07.